The zero-order valence-electron chi connectivity index (χ0n) is 11.9. The Morgan fingerprint density at radius 2 is 1.81 bits per heavy atom. The molecule has 116 valence electrons. The number of halogens is 2. The fraction of sp³-hybridized carbons (Fsp3) is 0.429. The Morgan fingerprint density at radius 1 is 1.29 bits per heavy atom. The minimum atomic E-state index is -1.38. The number of carbonyl (C=O) groups excluding carboxylic acids is 1. The van der Waals surface area contributed by atoms with Crippen LogP contribution < -0.4 is 10.1 Å². The summed E-state index contributed by atoms with van der Waals surface area (Å²) in [5.41, 5.74) is -1.38. The number of carbonyl (C=O) groups is 2. The molecule has 21 heavy (non-hydrogen) atoms. The summed E-state index contributed by atoms with van der Waals surface area (Å²) in [6.45, 7) is 4.55. The highest BCUT2D eigenvalue weighted by atomic mass is 35.5. The molecule has 0 saturated carbocycles. The van der Waals surface area contributed by atoms with Gasteiger partial charge >= 0.3 is 5.97 Å². The summed E-state index contributed by atoms with van der Waals surface area (Å²) in [6, 6.07) is 4.61. The van der Waals surface area contributed by atoms with Gasteiger partial charge in [0.1, 0.15) is 11.3 Å². The van der Waals surface area contributed by atoms with Crippen LogP contribution in [-0.4, -0.2) is 28.6 Å². The van der Waals surface area contributed by atoms with Crippen molar-refractivity contribution in [1.82, 2.24) is 5.32 Å². The van der Waals surface area contributed by atoms with Crippen LogP contribution in [0.2, 0.25) is 10.0 Å². The third-order valence-electron chi connectivity index (χ3n) is 2.75. The third kappa shape index (κ3) is 5.10. The molecular formula is C14H17Cl2NO4. The molecule has 0 radical (unpaired) electrons. The number of hydrogen-bond donors (Lipinski definition) is 2. The maximum Gasteiger partial charge on any atom is 0.328 e. The van der Waals surface area contributed by atoms with Gasteiger partial charge in [-0.05, 0) is 38.5 Å². The Labute approximate surface area is 133 Å². The molecule has 1 unspecified atom stereocenters. The molecule has 1 aromatic rings. The summed E-state index contributed by atoms with van der Waals surface area (Å²) in [4.78, 5) is 23.1. The van der Waals surface area contributed by atoms with E-state index in [2.05, 4.69) is 5.32 Å². The molecule has 1 atom stereocenters. The minimum Gasteiger partial charge on any atom is -0.481 e. The third-order valence-corrected chi connectivity index (χ3v) is 3.18. The summed E-state index contributed by atoms with van der Waals surface area (Å²) >= 11 is 11.7. The van der Waals surface area contributed by atoms with Gasteiger partial charge in [0.25, 0.3) is 5.91 Å². The van der Waals surface area contributed by atoms with Crippen molar-refractivity contribution in [2.24, 2.45) is 0 Å². The largest absolute Gasteiger partial charge is 0.481 e. The van der Waals surface area contributed by atoms with Gasteiger partial charge in [-0.25, -0.2) is 4.79 Å². The lowest BCUT2D eigenvalue weighted by Crippen LogP contribution is -2.53. The maximum atomic E-state index is 12.1. The topological polar surface area (TPSA) is 75.6 Å². The normalized spacial score (nSPS) is 12.6. The van der Waals surface area contributed by atoms with E-state index in [0.29, 0.717) is 22.2 Å². The second-order valence-corrected chi connectivity index (χ2v) is 5.91. The number of carboxylic acid groups (broad SMARTS) is 1. The second-order valence-electron chi connectivity index (χ2n) is 5.04. The van der Waals surface area contributed by atoms with Crippen molar-refractivity contribution in [2.45, 2.75) is 38.8 Å². The standard InChI is InChI=1S/C14H17Cl2NO4/c1-4-11(12(18)17-14(2,3)13(19)20)21-10-6-8(15)5-9(16)7-10/h5-7,11H,4H2,1-3H3,(H,17,18)(H,19,20). The molecule has 0 aromatic heterocycles. The van der Waals surface area contributed by atoms with Gasteiger partial charge in [0.2, 0.25) is 0 Å². The first-order chi connectivity index (χ1) is 9.65. The average molecular weight is 334 g/mol. The van der Waals surface area contributed by atoms with Gasteiger partial charge in [-0.15, -0.1) is 0 Å². The predicted molar refractivity (Wildman–Crippen MR) is 81.0 cm³/mol. The number of nitrogens with one attached hydrogen (secondary N) is 1. The quantitative estimate of drug-likeness (QED) is 0.838. The SMILES string of the molecule is CCC(Oc1cc(Cl)cc(Cl)c1)C(=O)NC(C)(C)C(=O)O. The first-order valence-electron chi connectivity index (χ1n) is 6.34. The van der Waals surface area contributed by atoms with Crippen molar-refractivity contribution in [3.63, 3.8) is 0 Å². The second kappa shape index (κ2) is 7.00. The molecule has 0 aliphatic heterocycles. The minimum absolute atomic E-state index is 0.350. The molecule has 7 heteroatoms. The van der Waals surface area contributed by atoms with Crippen LogP contribution in [0.5, 0.6) is 5.75 Å². The molecule has 0 bridgehead atoms. The number of carboxylic acids is 1. The van der Waals surface area contributed by atoms with Crippen LogP contribution >= 0.6 is 23.2 Å². The first-order valence-corrected chi connectivity index (χ1v) is 7.09. The van der Waals surface area contributed by atoms with Crippen molar-refractivity contribution in [1.29, 1.82) is 0 Å². The van der Waals surface area contributed by atoms with Crippen LogP contribution in [0.25, 0.3) is 0 Å². The van der Waals surface area contributed by atoms with Crippen LogP contribution in [0.15, 0.2) is 18.2 Å². The summed E-state index contributed by atoms with van der Waals surface area (Å²) < 4.78 is 5.54. The van der Waals surface area contributed by atoms with Gasteiger partial charge in [0, 0.05) is 10.0 Å². The van der Waals surface area contributed by atoms with Gasteiger partial charge in [-0.3, -0.25) is 4.79 Å². The highest BCUT2D eigenvalue weighted by molar-refractivity contribution is 6.34. The first kappa shape index (κ1) is 17.6. The van der Waals surface area contributed by atoms with E-state index in [9.17, 15) is 9.59 Å². The van der Waals surface area contributed by atoms with Crippen molar-refractivity contribution in [2.75, 3.05) is 0 Å². The number of rotatable bonds is 6. The summed E-state index contributed by atoms with van der Waals surface area (Å²) in [5, 5.41) is 12.2. The van der Waals surface area contributed by atoms with E-state index in [0.717, 1.165) is 0 Å². The maximum absolute atomic E-state index is 12.1. The molecule has 0 spiro atoms. The lowest BCUT2D eigenvalue weighted by Gasteiger charge is -2.25. The van der Waals surface area contributed by atoms with E-state index < -0.39 is 23.5 Å². The molecule has 1 rings (SSSR count). The van der Waals surface area contributed by atoms with Gasteiger partial charge < -0.3 is 15.2 Å². The molecular weight excluding hydrogens is 317 g/mol. The highest BCUT2D eigenvalue weighted by Crippen LogP contribution is 2.25. The van der Waals surface area contributed by atoms with E-state index in [-0.39, 0.29) is 0 Å². The van der Waals surface area contributed by atoms with Crippen LogP contribution in [0, 0.1) is 0 Å². The van der Waals surface area contributed by atoms with E-state index in [1.165, 1.54) is 26.0 Å². The molecule has 1 amide bonds. The van der Waals surface area contributed by atoms with Crippen molar-refractivity contribution < 1.29 is 19.4 Å². The zero-order valence-corrected chi connectivity index (χ0v) is 13.5. The monoisotopic (exact) mass is 333 g/mol. The van der Waals surface area contributed by atoms with E-state index in [1.807, 2.05) is 0 Å². The molecule has 0 saturated heterocycles. The van der Waals surface area contributed by atoms with Gasteiger partial charge in [0.15, 0.2) is 6.10 Å². The fourth-order valence-corrected chi connectivity index (χ4v) is 2.03. The van der Waals surface area contributed by atoms with Gasteiger partial charge in [-0.2, -0.15) is 0 Å². The number of hydrogen-bond acceptors (Lipinski definition) is 3. The predicted octanol–water partition coefficient (Wildman–Crippen LogP) is 3.13. The van der Waals surface area contributed by atoms with Crippen molar-refractivity contribution in [3.05, 3.63) is 28.2 Å². The Hall–Kier alpha value is -1.46. The Morgan fingerprint density at radius 3 is 2.24 bits per heavy atom. The average Bonchev–Trinajstić information content (AvgIpc) is 2.33. The van der Waals surface area contributed by atoms with Crippen LogP contribution in [0.1, 0.15) is 27.2 Å². The smallest absolute Gasteiger partial charge is 0.328 e. The number of ether oxygens (including phenoxy) is 1. The van der Waals surface area contributed by atoms with E-state index >= 15 is 0 Å². The lowest BCUT2D eigenvalue weighted by molar-refractivity contribution is -0.147. The number of benzene rings is 1. The number of aliphatic carboxylic acids is 1. The van der Waals surface area contributed by atoms with E-state index in [1.54, 1.807) is 13.0 Å². The highest BCUT2D eigenvalue weighted by Gasteiger charge is 2.32. The molecule has 1 aromatic carbocycles. The Kier molecular flexibility index (Phi) is 5.87. The van der Waals surface area contributed by atoms with Crippen LogP contribution in [0.3, 0.4) is 0 Å². The Bertz CT molecular complexity index is 526. The summed E-state index contributed by atoms with van der Waals surface area (Å²) in [5.74, 6) is -1.29. The van der Waals surface area contributed by atoms with Crippen molar-refractivity contribution in [3.8, 4) is 5.75 Å². The molecule has 2 N–H and O–H groups in total. The van der Waals surface area contributed by atoms with Gasteiger partial charge in [-0.1, -0.05) is 30.1 Å². The Balaban J connectivity index is 2.83. The van der Waals surface area contributed by atoms with Crippen LogP contribution in [0.4, 0.5) is 0 Å². The lowest BCUT2D eigenvalue weighted by atomic mass is 10.1. The van der Waals surface area contributed by atoms with Crippen LogP contribution in [-0.2, 0) is 9.59 Å². The van der Waals surface area contributed by atoms with E-state index in [4.69, 9.17) is 33.0 Å². The zero-order chi connectivity index (χ0) is 16.2. The molecule has 0 aliphatic carbocycles. The molecule has 0 fully saturated rings. The summed E-state index contributed by atoms with van der Waals surface area (Å²) in [7, 11) is 0. The molecule has 0 heterocycles. The molecule has 5 nitrogen and oxygen atoms in total. The van der Waals surface area contributed by atoms with Crippen molar-refractivity contribution >= 4 is 35.1 Å². The molecule has 0 aliphatic rings. The summed E-state index contributed by atoms with van der Waals surface area (Å²) in [6.07, 6.45) is -0.468. The fourth-order valence-electron chi connectivity index (χ4n) is 1.53. The van der Waals surface area contributed by atoms with Gasteiger partial charge in [0.05, 0.1) is 0 Å². The number of amides is 1.